The van der Waals surface area contributed by atoms with Crippen LogP contribution < -0.4 is 5.46 Å². The van der Waals surface area contributed by atoms with Crippen LogP contribution in [0.1, 0.15) is 19.3 Å². The van der Waals surface area contributed by atoms with E-state index in [1.807, 2.05) is 0 Å². The van der Waals surface area contributed by atoms with Gasteiger partial charge in [0.05, 0.1) is 0 Å². The second-order valence-electron chi connectivity index (χ2n) is 3.64. The smallest absolute Gasteiger partial charge is 0.247 e. The fourth-order valence-corrected chi connectivity index (χ4v) is 1.80. The molecular weight excluding hydrogens is 189 g/mol. The molecule has 4 N–H and O–H groups in total. The van der Waals surface area contributed by atoms with Crippen molar-refractivity contribution in [3.8, 4) is 0 Å². The third kappa shape index (κ3) is 4.47. The normalized spacial score (nSPS) is 16.0. The van der Waals surface area contributed by atoms with Crippen molar-refractivity contribution in [1.29, 1.82) is 0 Å². The van der Waals surface area contributed by atoms with Crippen LogP contribution in [0.2, 0.25) is 0 Å². The van der Waals surface area contributed by atoms with Crippen molar-refractivity contribution in [2.45, 2.75) is 19.3 Å². The van der Waals surface area contributed by atoms with E-state index in [2.05, 4.69) is 42.6 Å². The molecule has 1 aliphatic heterocycles. The van der Waals surface area contributed by atoms with Gasteiger partial charge >= 0.3 is 0 Å². The molecule has 1 aliphatic rings. The average molecular weight is 208 g/mol. The molecule has 15 heavy (non-hydrogen) atoms. The third-order valence-corrected chi connectivity index (χ3v) is 2.52. The van der Waals surface area contributed by atoms with E-state index in [4.69, 9.17) is 0 Å². The number of hydrogen-bond acceptors (Lipinski definition) is 1. The van der Waals surface area contributed by atoms with Gasteiger partial charge in [-0.1, -0.05) is 42.2 Å². The minimum atomic E-state index is 0. The Hall–Kier alpha value is -0.835. The summed E-state index contributed by atoms with van der Waals surface area (Å²) >= 11 is 0. The lowest BCUT2D eigenvalue weighted by Crippen LogP contribution is -2.39. The highest BCUT2D eigenvalue weighted by molar-refractivity contribution is 6.50. The van der Waals surface area contributed by atoms with Crippen LogP contribution in [-0.4, -0.2) is 36.3 Å². The Bertz CT molecular complexity index is 250. The van der Waals surface area contributed by atoms with Crippen molar-refractivity contribution in [2.75, 3.05) is 13.1 Å². The quantitative estimate of drug-likeness (QED) is 0.619. The molecule has 1 saturated heterocycles. The Morgan fingerprint density at radius 3 is 2.07 bits per heavy atom. The van der Waals surface area contributed by atoms with Crippen LogP contribution in [0.25, 0.3) is 0 Å². The van der Waals surface area contributed by atoms with Gasteiger partial charge in [0.15, 0.2) is 0 Å². The zero-order chi connectivity index (χ0) is 8.93. The van der Waals surface area contributed by atoms with Crippen molar-refractivity contribution in [3.05, 3.63) is 30.3 Å². The standard InChI is InChI=1S/C11H15BN.2H2O/c1-3-7-11(8-4-1)12-13-9-5-2-6-10-13;;/h1,3-4,7-8H,2,5-6,9-10H2;2*1H2. The van der Waals surface area contributed by atoms with Crippen LogP contribution in [0.3, 0.4) is 0 Å². The third-order valence-electron chi connectivity index (χ3n) is 2.52. The number of nitrogens with zero attached hydrogens (tertiary/aromatic N) is 1. The first-order valence-electron chi connectivity index (χ1n) is 5.09. The van der Waals surface area contributed by atoms with Crippen LogP contribution in [0.15, 0.2) is 30.3 Å². The fourth-order valence-electron chi connectivity index (χ4n) is 1.80. The molecule has 0 unspecified atom stereocenters. The Morgan fingerprint density at radius 2 is 1.47 bits per heavy atom. The predicted molar refractivity (Wildman–Crippen MR) is 64.5 cm³/mol. The Balaban J connectivity index is 0.000000980. The van der Waals surface area contributed by atoms with Crippen molar-refractivity contribution in [2.24, 2.45) is 0 Å². The molecular formula is C11H19BNO2. The molecule has 0 aliphatic carbocycles. The van der Waals surface area contributed by atoms with Crippen LogP contribution in [0, 0.1) is 0 Å². The van der Waals surface area contributed by atoms with Gasteiger partial charge in [-0.05, 0) is 25.9 Å². The minimum Gasteiger partial charge on any atom is -0.412 e. The van der Waals surface area contributed by atoms with Crippen LogP contribution in [0.5, 0.6) is 0 Å². The summed E-state index contributed by atoms with van der Waals surface area (Å²) in [5, 5.41) is 0. The molecule has 4 heteroatoms. The summed E-state index contributed by atoms with van der Waals surface area (Å²) in [5.41, 5.74) is 1.32. The van der Waals surface area contributed by atoms with E-state index in [1.165, 1.54) is 37.8 Å². The molecule has 3 nitrogen and oxygen atoms in total. The molecule has 1 heterocycles. The van der Waals surface area contributed by atoms with E-state index in [-0.39, 0.29) is 11.0 Å². The molecule has 0 aromatic heterocycles. The zero-order valence-corrected chi connectivity index (χ0v) is 8.95. The Morgan fingerprint density at radius 1 is 0.867 bits per heavy atom. The average Bonchev–Trinajstić information content (AvgIpc) is 2.21. The molecule has 0 saturated carbocycles. The highest BCUT2D eigenvalue weighted by atomic mass is 16.0. The summed E-state index contributed by atoms with van der Waals surface area (Å²) in [4.78, 5) is 2.43. The molecule has 2 rings (SSSR count). The summed E-state index contributed by atoms with van der Waals surface area (Å²) in [5.74, 6) is 0. The lowest BCUT2D eigenvalue weighted by Gasteiger charge is -2.25. The van der Waals surface area contributed by atoms with E-state index in [0.717, 1.165) is 0 Å². The molecule has 1 radical (unpaired) electrons. The van der Waals surface area contributed by atoms with Crippen molar-refractivity contribution >= 4 is 12.9 Å². The summed E-state index contributed by atoms with van der Waals surface area (Å²) in [6.07, 6.45) is 4.10. The van der Waals surface area contributed by atoms with Gasteiger partial charge in [0.25, 0.3) is 0 Å². The number of hydrogen-bond donors (Lipinski definition) is 0. The largest absolute Gasteiger partial charge is 0.412 e. The maximum Gasteiger partial charge on any atom is 0.247 e. The summed E-state index contributed by atoms with van der Waals surface area (Å²) in [6, 6.07) is 10.6. The first kappa shape index (κ1) is 14.2. The first-order valence-corrected chi connectivity index (χ1v) is 5.09. The highest BCUT2D eigenvalue weighted by Crippen LogP contribution is 2.06. The van der Waals surface area contributed by atoms with E-state index in [1.54, 1.807) is 0 Å². The summed E-state index contributed by atoms with van der Waals surface area (Å²) in [6.45, 7) is 2.46. The first-order chi connectivity index (χ1) is 6.45. The molecule has 0 bridgehead atoms. The lowest BCUT2D eigenvalue weighted by atomic mass is 9.79. The number of piperidine rings is 1. The van der Waals surface area contributed by atoms with Gasteiger partial charge < -0.3 is 15.8 Å². The molecule has 0 atom stereocenters. The molecule has 0 amide bonds. The van der Waals surface area contributed by atoms with Gasteiger partial charge in [0.1, 0.15) is 0 Å². The fraction of sp³-hybridized carbons (Fsp3) is 0.455. The van der Waals surface area contributed by atoms with Gasteiger partial charge in [-0.15, -0.1) is 0 Å². The van der Waals surface area contributed by atoms with E-state index in [0.29, 0.717) is 0 Å². The van der Waals surface area contributed by atoms with Gasteiger partial charge in [-0.25, -0.2) is 0 Å². The lowest BCUT2D eigenvalue weighted by molar-refractivity contribution is 0.363. The van der Waals surface area contributed by atoms with Crippen molar-refractivity contribution in [1.82, 2.24) is 4.81 Å². The monoisotopic (exact) mass is 208 g/mol. The predicted octanol–water partition coefficient (Wildman–Crippen LogP) is -0.232. The zero-order valence-electron chi connectivity index (χ0n) is 8.95. The second kappa shape index (κ2) is 7.46. The minimum absolute atomic E-state index is 0. The highest BCUT2D eigenvalue weighted by Gasteiger charge is 2.10. The molecule has 1 aromatic carbocycles. The maximum atomic E-state index is 2.43. The van der Waals surface area contributed by atoms with Gasteiger partial charge in [0.2, 0.25) is 7.41 Å². The van der Waals surface area contributed by atoms with Crippen LogP contribution >= 0.6 is 0 Å². The molecule has 0 spiro atoms. The van der Waals surface area contributed by atoms with E-state index >= 15 is 0 Å². The molecule has 1 aromatic rings. The van der Waals surface area contributed by atoms with Gasteiger partial charge in [-0.2, -0.15) is 0 Å². The molecule has 1 fully saturated rings. The topological polar surface area (TPSA) is 66.2 Å². The Labute approximate surface area is 92.0 Å². The number of benzene rings is 1. The summed E-state index contributed by atoms with van der Waals surface area (Å²) < 4.78 is 0. The van der Waals surface area contributed by atoms with Crippen LogP contribution in [-0.2, 0) is 0 Å². The maximum absolute atomic E-state index is 2.43. The van der Waals surface area contributed by atoms with Crippen molar-refractivity contribution in [3.63, 3.8) is 0 Å². The number of rotatable bonds is 2. The summed E-state index contributed by atoms with van der Waals surface area (Å²) in [7, 11) is 2.28. The van der Waals surface area contributed by atoms with E-state index < -0.39 is 0 Å². The van der Waals surface area contributed by atoms with E-state index in [9.17, 15) is 0 Å². The Kier molecular flexibility index (Phi) is 7.04. The van der Waals surface area contributed by atoms with Crippen LogP contribution in [0.4, 0.5) is 0 Å². The van der Waals surface area contributed by atoms with Gasteiger partial charge in [-0.3, -0.25) is 0 Å². The SMILES string of the molecule is O.O.[B](c1ccccc1)N1CCCCC1. The molecule has 83 valence electrons. The second-order valence-corrected chi connectivity index (χ2v) is 3.64. The van der Waals surface area contributed by atoms with Crippen molar-refractivity contribution < 1.29 is 11.0 Å². The van der Waals surface area contributed by atoms with Gasteiger partial charge in [0, 0.05) is 0 Å².